The molecule has 1 aromatic carbocycles. The first kappa shape index (κ1) is 11.4. The molecule has 18 heavy (non-hydrogen) atoms. The van der Waals surface area contributed by atoms with Gasteiger partial charge in [0.25, 0.3) is 0 Å². The minimum Gasteiger partial charge on any atom is -0.476 e. The van der Waals surface area contributed by atoms with E-state index >= 15 is 0 Å². The summed E-state index contributed by atoms with van der Waals surface area (Å²) in [6.07, 6.45) is 0. The minimum atomic E-state index is -1.06. The third-order valence-electron chi connectivity index (χ3n) is 2.45. The van der Waals surface area contributed by atoms with Crippen LogP contribution in [0.4, 0.5) is 0 Å². The van der Waals surface area contributed by atoms with Crippen molar-refractivity contribution < 1.29 is 14.3 Å². The molecule has 0 amide bonds. The summed E-state index contributed by atoms with van der Waals surface area (Å²) in [6.45, 7) is 0. The van der Waals surface area contributed by atoms with Crippen LogP contribution in [0.5, 0.6) is 0 Å². The molecule has 0 unspecified atom stereocenters. The number of carboxylic acids is 1. The minimum absolute atomic E-state index is 0.00549. The van der Waals surface area contributed by atoms with Gasteiger partial charge in [-0.15, -0.1) is 11.3 Å². The van der Waals surface area contributed by atoms with Crippen LogP contribution in [0.3, 0.4) is 0 Å². The third kappa shape index (κ3) is 1.83. The molecule has 0 saturated heterocycles. The average molecular weight is 324 g/mol. The largest absolute Gasteiger partial charge is 0.476 e. The summed E-state index contributed by atoms with van der Waals surface area (Å²) in [5.41, 5.74) is 0.735. The zero-order valence-corrected chi connectivity index (χ0v) is 11.3. The van der Waals surface area contributed by atoms with Gasteiger partial charge in [-0.05, 0) is 28.1 Å². The molecule has 2 aromatic heterocycles. The molecule has 0 saturated carbocycles. The average Bonchev–Trinajstić information content (AvgIpc) is 2.91. The summed E-state index contributed by atoms with van der Waals surface area (Å²) in [5, 5.41) is 10.0. The summed E-state index contributed by atoms with van der Waals surface area (Å²) >= 11 is 4.44. The molecule has 0 aliphatic carbocycles. The fourth-order valence-electron chi connectivity index (χ4n) is 1.70. The second-order valence-electron chi connectivity index (χ2n) is 3.60. The number of carbonyl (C=O) groups is 1. The number of hydrogen-bond donors (Lipinski definition) is 1. The van der Waals surface area contributed by atoms with E-state index in [1.165, 1.54) is 11.3 Å². The maximum absolute atomic E-state index is 11.1. The maximum Gasteiger partial charge on any atom is 0.356 e. The normalized spacial score (nSPS) is 10.9. The molecular formula is C12H6BrNO3S. The van der Waals surface area contributed by atoms with Gasteiger partial charge in [0, 0.05) is 5.39 Å². The zero-order valence-electron chi connectivity index (χ0n) is 8.88. The lowest BCUT2D eigenvalue weighted by molar-refractivity contribution is 0.0692. The Bertz CT molecular complexity index is 714. The predicted molar refractivity (Wildman–Crippen MR) is 72.0 cm³/mol. The fraction of sp³-hybridized carbons (Fsp3) is 0. The summed E-state index contributed by atoms with van der Waals surface area (Å²) in [7, 11) is 0. The van der Waals surface area contributed by atoms with Crippen LogP contribution in [-0.2, 0) is 0 Å². The molecule has 3 aromatic rings. The highest BCUT2D eigenvalue weighted by Crippen LogP contribution is 2.36. The number of rotatable bonds is 2. The molecule has 0 bridgehead atoms. The van der Waals surface area contributed by atoms with Gasteiger partial charge < -0.3 is 9.52 Å². The number of halogens is 1. The number of nitrogens with zero attached hydrogens (tertiary/aromatic N) is 1. The first-order chi connectivity index (χ1) is 8.65. The van der Waals surface area contributed by atoms with Gasteiger partial charge in [0.1, 0.15) is 16.2 Å². The van der Waals surface area contributed by atoms with E-state index < -0.39 is 5.97 Å². The lowest BCUT2D eigenvalue weighted by atomic mass is 10.2. The Balaban J connectivity index is 2.22. The van der Waals surface area contributed by atoms with Crippen LogP contribution in [0.15, 0.2) is 38.7 Å². The Labute approximate surface area is 114 Å². The number of hydrogen-bond acceptors (Lipinski definition) is 4. The number of thiazole rings is 1. The molecule has 90 valence electrons. The number of carboxylic acid groups (broad SMARTS) is 1. The monoisotopic (exact) mass is 323 g/mol. The quantitative estimate of drug-likeness (QED) is 0.773. The van der Waals surface area contributed by atoms with Gasteiger partial charge in [-0.3, -0.25) is 0 Å². The van der Waals surface area contributed by atoms with Crippen LogP contribution >= 0.6 is 27.3 Å². The molecule has 6 heteroatoms. The number of aromatic nitrogens is 1. The molecule has 0 fully saturated rings. The van der Waals surface area contributed by atoms with Crippen LogP contribution in [0.1, 0.15) is 10.5 Å². The Morgan fingerprint density at radius 3 is 2.89 bits per heavy atom. The Hall–Kier alpha value is -1.66. The van der Waals surface area contributed by atoms with Crippen molar-refractivity contribution in [2.45, 2.75) is 0 Å². The fourth-order valence-corrected chi connectivity index (χ4v) is 3.10. The van der Waals surface area contributed by atoms with Crippen LogP contribution < -0.4 is 0 Å². The third-order valence-corrected chi connectivity index (χ3v) is 3.97. The topological polar surface area (TPSA) is 63.3 Å². The Morgan fingerprint density at radius 1 is 1.39 bits per heavy atom. The Morgan fingerprint density at radius 2 is 2.17 bits per heavy atom. The standard InChI is InChI=1S/C12H6BrNO3S/c13-12-14-9(11(15)16)10(18-12)8-5-6-3-1-2-4-7(6)17-8/h1-5H,(H,15,16). The van der Waals surface area contributed by atoms with Crippen molar-refractivity contribution in [1.29, 1.82) is 0 Å². The van der Waals surface area contributed by atoms with Crippen molar-refractivity contribution in [3.63, 3.8) is 0 Å². The van der Waals surface area contributed by atoms with Crippen molar-refractivity contribution in [1.82, 2.24) is 4.98 Å². The van der Waals surface area contributed by atoms with Crippen molar-refractivity contribution in [3.05, 3.63) is 39.9 Å². The summed E-state index contributed by atoms with van der Waals surface area (Å²) in [4.78, 5) is 15.6. The second-order valence-corrected chi connectivity index (χ2v) is 5.87. The highest BCUT2D eigenvalue weighted by molar-refractivity contribution is 9.11. The first-order valence-corrected chi connectivity index (χ1v) is 6.64. The van der Waals surface area contributed by atoms with Crippen LogP contribution in [-0.4, -0.2) is 16.1 Å². The van der Waals surface area contributed by atoms with Crippen LogP contribution in [0, 0.1) is 0 Å². The maximum atomic E-state index is 11.1. The van der Waals surface area contributed by atoms with Crippen molar-refractivity contribution in [3.8, 4) is 10.6 Å². The molecule has 0 aliphatic heterocycles. The molecule has 0 aliphatic rings. The SMILES string of the molecule is O=C(O)c1nc(Br)sc1-c1cc2ccccc2o1. The Kier molecular flexibility index (Phi) is 2.68. The number of benzene rings is 1. The lowest BCUT2D eigenvalue weighted by Crippen LogP contribution is -1.97. The van der Waals surface area contributed by atoms with E-state index in [0.717, 1.165) is 11.0 Å². The predicted octanol–water partition coefficient (Wildman–Crippen LogP) is 4.02. The van der Waals surface area contributed by atoms with E-state index in [1.54, 1.807) is 0 Å². The highest BCUT2D eigenvalue weighted by atomic mass is 79.9. The molecule has 0 atom stereocenters. The lowest BCUT2D eigenvalue weighted by Gasteiger charge is -1.92. The molecular weight excluding hydrogens is 318 g/mol. The second kappa shape index (κ2) is 4.22. The summed E-state index contributed by atoms with van der Waals surface area (Å²) in [5.74, 6) is -0.538. The number of aromatic carboxylic acids is 1. The number of para-hydroxylation sites is 1. The highest BCUT2D eigenvalue weighted by Gasteiger charge is 2.20. The number of furan rings is 1. The molecule has 2 heterocycles. The van der Waals surface area contributed by atoms with Gasteiger partial charge in [0.15, 0.2) is 9.61 Å². The van der Waals surface area contributed by atoms with E-state index in [4.69, 9.17) is 9.52 Å². The van der Waals surface area contributed by atoms with Crippen LogP contribution in [0.25, 0.3) is 21.6 Å². The van der Waals surface area contributed by atoms with Gasteiger partial charge in [-0.1, -0.05) is 18.2 Å². The molecule has 3 rings (SSSR count). The van der Waals surface area contributed by atoms with Gasteiger partial charge in [-0.25, -0.2) is 9.78 Å². The van der Waals surface area contributed by atoms with Gasteiger partial charge in [0.2, 0.25) is 0 Å². The van der Waals surface area contributed by atoms with E-state index in [-0.39, 0.29) is 5.69 Å². The molecule has 1 N–H and O–H groups in total. The van der Waals surface area contributed by atoms with E-state index in [9.17, 15) is 4.79 Å². The number of fused-ring (bicyclic) bond motifs is 1. The van der Waals surface area contributed by atoms with Crippen molar-refractivity contribution in [2.75, 3.05) is 0 Å². The van der Waals surface area contributed by atoms with Gasteiger partial charge in [0.05, 0.1) is 0 Å². The zero-order chi connectivity index (χ0) is 12.7. The summed E-state index contributed by atoms with van der Waals surface area (Å²) < 4.78 is 6.17. The molecule has 4 nitrogen and oxygen atoms in total. The first-order valence-electron chi connectivity index (χ1n) is 5.04. The van der Waals surface area contributed by atoms with Crippen LogP contribution in [0.2, 0.25) is 0 Å². The molecule has 0 radical (unpaired) electrons. The molecule has 0 spiro atoms. The van der Waals surface area contributed by atoms with Crippen molar-refractivity contribution >= 4 is 44.2 Å². The van der Waals surface area contributed by atoms with Gasteiger partial charge in [-0.2, -0.15) is 0 Å². The van der Waals surface area contributed by atoms with E-state index in [1.807, 2.05) is 30.3 Å². The van der Waals surface area contributed by atoms with Crippen molar-refractivity contribution in [2.24, 2.45) is 0 Å². The van der Waals surface area contributed by atoms with Gasteiger partial charge >= 0.3 is 5.97 Å². The van der Waals surface area contributed by atoms with E-state index in [2.05, 4.69) is 20.9 Å². The summed E-state index contributed by atoms with van der Waals surface area (Å²) in [6, 6.07) is 9.36. The smallest absolute Gasteiger partial charge is 0.356 e. The van der Waals surface area contributed by atoms with E-state index in [0.29, 0.717) is 14.6 Å².